The highest BCUT2D eigenvalue weighted by Crippen LogP contribution is 2.45. The Balaban J connectivity index is 1.86. The van der Waals surface area contributed by atoms with E-state index in [2.05, 4.69) is 56.5 Å². The van der Waals surface area contributed by atoms with E-state index in [-0.39, 0.29) is 17.9 Å². The summed E-state index contributed by atoms with van der Waals surface area (Å²) in [5, 5.41) is 14.1. The van der Waals surface area contributed by atoms with Crippen LogP contribution in [0.2, 0.25) is 21.6 Å². The van der Waals surface area contributed by atoms with E-state index in [9.17, 15) is 9.90 Å². The van der Waals surface area contributed by atoms with Crippen LogP contribution >= 0.6 is 11.6 Å². The molecule has 0 aliphatic carbocycles. The third-order valence-electron chi connectivity index (χ3n) is 8.84. The van der Waals surface area contributed by atoms with Crippen LogP contribution in [0.3, 0.4) is 0 Å². The first-order chi connectivity index (χ1) is 21.5. The van der Waals surface area contributed by atoms with Crippen LogP contribution in [-0.4, -0.2) is 46.9 Å². The fraction of sp³-hybridized carbons (Fsp3) is 0.457. The molecule has 3 heterocycles. The number of ether oxygens (including phenoxy) is 2. The van der Waals surface area contributed by atoms with Crippen molar-refractivity contribution < 1.29 is 23.8 Å². The molecule has 1 unspecified atom stereocenters. The van der Waals surface area contributed by atoms with Gasteiger partial charge in [0, 0.05) is 27.7 Å². The number of amides is 1. The number of aromatic amines is 1. The quantitative estimate of drug-likeness (QED) is 0.130. The summed E-state index contributed by atoms with van der Waals surface area (Å²) in [6, 6.07) is 10.0. The van der Waals surface area contributed by atoms with Crippen LogP contribution in [0.1, 0.15) is 85.1 Å². The minimum absolute atomic E-state index is 0.00646. The number of halogens is 2. The molecule has 0 spiro atoms. The molecule has 4 aromatic rings. The Morgan fingerprint density at radius 1 is 1.04 bits per heavy atom. The van der Waals surface area contributed by atoms with E-state index < -0.39 is 31.8 Å². The van der Waals surface area contributed by atoms with Gasteiger partial charge >= 0.3 is 6.09 Å². The molecule has 46 heavy (non-hydrogen) atoms. The Morgan fingerprint density at radius 2 is 1.67 bits per heavy atom. The molecule has 1 aromatic carbocycles. The number of aliphatic hydroxyl groups is 1. The molecule has 8 nitrogen and oxygen atoms in total. The Kier molecular flexibility index (Phi) is 10.5. The summed E-state index contributed by atoms with van der Waals surface area (Å²) in [4.78, 5) is 26.5. The lowest BCUT2D eigenvalue weighted by Crippen LogP contribution is -2.56. The van der Waals surface area contributed by atoms with Crippen molar-refractivity contribution >= 4 is 47.8 Å². The Hall–Kier alpha value is -3.47. The molecular weight excluding hydrogens is 623 g/mol. The van der Waals surface area contributed by atoms with Gasteiger partial charge in [0.1, 0.15) is 37.0 Å². The minimum atomic E-state index is -2.36. The van der Waals surface area contributed by atoms with E-state index in [1.54, 1.807) is 64.5 Å². The maximum Gasteiger partial charge on any atom is 0.416 e. The number of nitrogens with zero attached hydrogens (tertiary/aromatic N) is 3. The van der Waals surface area contributed by atoms with E-state index in [0.717, 1.165) is 10.6 Å². The fourth-order valence-electron chi connectivity index (χ4n) is 7.08. The maximum absolute atomic E-state index is 16.0. The van der Waals surface area contributed by atoms with E-state index in [0.29, 0.717) is 44.2 Å². The number of aromatic nitrogens is 3. The van der Waals surface area contributed by atoms with Gasteiger partial charge in [0.2, 0.25) is 5.95 Å². The molecule has 1 amide bonds. The molecule has 3 aromatic heterocycles. The van der Waals surface area contributed by atoms with Crippen molar-refractivity contribution in [3.63, 3.8) is 0 Å². The summed E-state index contributed by atoms with van der Waals surface area (Å²) in [5.74, 6) is -0.217. The predicted octanol–water partition coefficient (Wildman–Crippen LogP) is 8.67. The molecular formula is C35H46ClFN4O4Si. The van der Waals surface area contributed by atoms with Gasteiger partial charge in [0.05, 0.1) is 19.9 Å². The van der Waals surface area contributed by atoms with E-state index in [1.807, 2.05) is 0 Å². The first kappa shape index (κ1) is 35.4. The second kappa shape index (κ2) is 13.7. The van der Waals surface area contributed by atoms with Gasteiger partial charge in [0.25, 0.3) is 0 Å². The van der Waals surface area contributed by atoms with Crippen molar-refractivity contribution in [3.05, 3.63) is 76.5 Å². The van der Waals surface area contributed by atoms with Gasteiger partial charge in [-0.1, -0.05) is 71.3 Å². The number of carbonyl (C=O) groups is 1. The number of methoxy groups -OCH3 is 1. The zero-order chi connectivity index (χ0) is 34.1. The molecule has 0 aliphatic heterocycles. The average Bonchev–Trinajstić information content (AvgIpc) is 3.39. The molecule has 2 N–H and O–H groups in total. The average molecular weight is 669 g/mol. The van der Waals surface area contributed by atoms with Crippen molar-refractivity contribution in [1.29, 1.82) is 0 Å². The molecule has 0 fully saturated rings. The Morgan fingerprint density at radius 3 is 2.22 bits per heavy atom. The van der Waals surface area contributed by atoms with Crippen LogP contribution in [0.5, 0.6) is 5.75 Å². The van der Waals surface area contributed by atoms with Gasteiger partial charge in [-0.3, -0.25) is 4.90 Å². The molecule has 0 saturated heterocycles. The number of fused-ring (bicyclic) bond motifs is 1. The van der Waals surface area contributed by atoms with E-state index in [4.69, 9.17) is 21.1 Å². The van der Waals surface area contributed by atoms with Crippen LogP contribution in [0.4, 0.5) is 15.0 Å². The number of rotatable bonds is 10. The number of pyridine rings is 2. The molecule has 0 aliphatic rings. The van der Waals surface area contributed by atoms with Crippen LogP contribution in [0, 0.1) is 5.95 Å². The lowest BCUT2D eigenvalue weighted by Gasteiger charge is -2.44. The molecule has 1 atom stereocenters. The summed E-state index contributed by atoms with van der Waals surface area (Å²) < 4.78 is 27.6. The number of carbonyl (C=O) groups excluding carboxylic acids is 1. The van der Waals surface area contributed by atoms with Gasteiger partial charge in [-0.05, 0) is 66.3 Å². The summed E-state index contributed by atoms with van der Waals surface area (Å²) in [6.45, 7) is 18.8. The van der Waals surface area contributed by atoms with Crippen LogP contribution < -0.4 is 14.8 Å². The van der Waals surface area contributed by atoms with Gasteiger partial charge in [-0.2, -0.15) is 4.39 Å². The summed E-state index contributed by atoms with van der Waals surface area (Å²) in [7, 11) is -0.726. The van der Waals surface area contributed by atoms with Crippen molar-refractivity contribution in [3.8, 4) is 5.75 Å². The summed E-state index contributed by atoms with van der Waals surface area (Å²) in [5.41, 5.74) is 1.90. The first-order valence-corrected chi connectivity index (χ1v) is 18.3. The fourth-order valence-corrected chi connectivity index (χ4v) is 14.3. The smallest absolute Gasteiger partial charge is 0.416 e. The number of nitrogens with one attached hydrogen (secondary N) is 1. The molecule has 0 saturated carbocycles. The zero-order valence-corrected chi connectivity index (χ0v) is 30.2. The molecule has 0 radical (unpaired) electrons. The van der Waals surface area contributed by atoms with E-state index >= 15 is 4.39 Å². The van der Waals surface area contributed by atoms with Crippen LogP contribution in [0.15, 0.2) is 48.8 Å². The van der Waals surface area contributed by atoms with Gasteiger partial charge in [0.15, 0.2) is 0 Å². The van der Waals surface area contributed by atoms with Gasteiger partial charge in [-0.25, -0.2) is 14.8 Å². The lowest BCUT2D eigenvalue weighted by molar-refractivity contribution is 0.0576. The van der Waals surface area contributed by atoms with E-state index in [1.165, 1.54) is 17.0 Å². The summed E-state index contributed by atoms with van der Waals surface area (Å²) in [6.07, 6.45) is 1.34. The number of benzene rings is 1. The molecule has 248 valence electrons. The number of H-pyrrole nitrogens is 1. The third-order valence-corrected chi connectivity index (χ3v) is 16.3. The van der Waals surface area contributed by atoms with Gasteiger partial charge < -0.3 is 19.6 Å². The van der Waals surface area contributed by atoms with Gasteiger partial charge in [-0.15, -0.1) is 0 Å². The molecule has 11 heteroatoms. The summed E-state index contributed by atoms with van der Waals surface area (Å²) >= 11 is 6.40. The largest absolute Gasteiger partial charge is 0.495 e. The second-order valence-corrected chi connectivity index (χ2v) is 19.9. The third kappa shape index (κ3) is 6.66. The molecule has 4 rings (SSSR count). The van der Waals surface area contributed by atoms with Crippen molar-refractivity contribution in [2.24, 2.45) is 0 Å². The van der Waals surface area contributed by atoms with Crippen LogP contribution in [0.25, 0.3) is 11.0 Å². The van der Waals surface area contributed by atoms with Crippen molar-refractivity contribution in [2.45, 2.75) is 97.2 Å². The van der Waals surface area contributed by atoms with Crippen LogP contribution in [-0.2, 0) is 11.3 Å². The number of aliphatic hydroxyl groups excluding tert-OH is 1. The number of hydrogen-bond donors (Lipinski definition) is 2. The number of anilines is 1. The SMILES string of the molecule is COc1cnc2[nH]cc(C(O)c3ccc(N(Cc4ccccc4Cl)C(=O)OC(C)(C)C)nc3F)c2c1[Si](C(C)C)(C(C)C)C(C)C. The minimum Gasteiger partial charge on any atom is -0.495 e. The first-order valence-electron chi connectivity index (χ1n) is 15.7. The normalized spacial score (nSPS) is 13.1. The molecule has 0 bridgehead atoms. The lowest BCUT2D eigenvalue weighted by atomic mass is 10.0. The highest BCUT2D eigenvalue weighted by molar-refractivity contribution is 6.97. The number of hydrogen-bond acceptors (Lipinski definition) is 6. The van der Waals surface area contributed by atoms with Crippen molar-refractivity contribution in [2.75, 3.05) is 12.0 Å². The van der Waals surface area contributed by atoms with Crippen molar-refractivity contribution in [1.82, 2.24) is 15.0 Å². The second-order valence-electron chi connectivity index (χ2n) is 13.7. The Labute approximate surface area is 277 Å². The highest BCUT2D eigenvalue weighted by Gasteiger charge is 2.48. The maximum atomic E-state index is 16.0. The Bertz CT molecular complexity index is 1680. The highest BCUT2D eigenvalue weighted by atomic mass is 35.5. The zero-order valence-electron chi connectivity index (χ0n) is 28.4. The monoisotopic (exact) mass is 668 g/mol. The topological polar surface area (TPSA) is 101 Å². The predicted molar refractivity (Wildman–Crippen MR) is 185 cm³/mol. The standard InChI is InChI=1S/C35H46ClFN4O4Si/c1-20(2)46(21(3)4,22(5)6)31-27(44-10)18-39-33-29(31)25(17-38-33)30(42)24-15-16-28(40-32(24)37)41(34(43)45-35(7,8)9)19-23-13-11-12-14-26(23)36/h11-18,20-22,30,42H,19H2,1-10H3,(H,38,39).